The van der Waals surface area contributed by atoms with Gasteiger partial charge in [-0.3, -0.25) is 4.79 Å². The van der Waals surface area contributed by atoms with E-state index in [0.717, 1.165) is 7.14 Å². The van der Waals surface area contributed by atoms with Crippen LogP contribution in [0.5, 0.6) is 5.75 Å². The average molecular weight is 659 g/mol. The molecule has 0 fully saturated rings. The van der Waals surface area contributed by atoms with Crippen LogP contribution in [-0.4, -0.2) is 5.91 Å². The Morgan fingerprint density at radius 1 is 1.13 bits per heavy atom. The van der Waals surface area contributed by atoms with Crippen LogP contribution in [0.4, 0.5) is 10.1 Å². The molecule has 0 heterocycles. The van der Waals surface area contributed by atoms with Crippen molar-refractivity contribution in [1.82, 2.24) is 0 Å². The number of hydrogen-bond donors (Lipinski definition) is 1. The van der Waals surface area contributed by atoms with E-state index in [-0.39, 0.29) is 18.0 Å². The van der Waals surface area contributed by atoms with Crippen LogP contribution in [0.3, 0.4) is 0 Å². The average Bonchev–Trinajstić information content (AvgIpc) is 2.74. The zero-order valence-electron chi connectivity index (χ0n) is 15.8. The number of halogens is 4. The number of ether oxygens (including phenoxy) is 1. The van der Waals surface area contributed by atoms with Crippen molar-refractivity contribution in [1.29, 1.82) is 5.26 Å². The molecule has 0 saturated carbocycles. The first-order valence-corrected chi connectivity index (χ1v) is 11.4. The van der Waals surface area contributed by atoms with E-state index in [1.807, 2.05) is 6.07 Å². The number of benzene rings is 3. The molecule has 0 saturated heterocycles. The third kappa shape index (κ3) is 6.41. The third-order valence-corrected chi connectivity index (χ3v) is 5.98. The van der Waals surface area contributed by atoms with Gasteiger partial charge in [0.2, 0.25) is 0 Å². The van der Waals surface area contributed by atoms with Crippen molar-refractivity contribution in [3.63, 3.8) is 0 Å². The monoisotopic (exact) mass is 658 g/mol. The molecule has 1 amide bonds. The summed E-state index contributed by atoms with van der Waals surface area (Å²) in [7, 11) is 0. The molecule has 0 aliphatic carbocycles. The van der Waals surface area contributed by atoms with Crippen molar-refractivity contribution in [3.8, 4) is 11.8 Å². The number of nitrogens with zero attached hydrogens (tertiary/aromatic N) is 1. The number of anilines is 1. The second-order valence-electron chi connectivity index (χ2n) is 6.32. The topological polar surface area (TPSA) is 62.1 Å². The Bertz CT molecular complexity index is 1170. The minimum atomic E-state index is -0.519. The Morgan fingerprint density at radius 3 is 2.39 bits per heavy atom. The predicted molar refractivity (Wildman–Crippen MR) is 136 cm³/mol. The Kier molecular flexibility index (Phi) is 8.28. The summed E-state index contributed by atoms with van der Waals surface area (Å²) < 4.78 is 21.2. The first-order valence-electron chi connectivity index (χ1n) is 8.91. The van der Waals surface area contributed by atoms with Gasteiger partial charge >= 0.3 is 0 Å². The Hall–Kier alpha value is -2.16. The molecule has 3 rings (SSSR count). The molecular formula is C23H14ClFI2N2O2. The number of carbonyl (C=O) groups is 1. The minimum absolute atomic E-state index is 0.0402. The lowest BCUT2D eigenvalue weighted by molar-refractivity contribution is -0.112. The van der Waals surface area contributed by atoms with Crippen molar-refractivity contribution in [2.45, 2.75) is 6.61 Å². The molecule has 0 atom stereocenters. The number of nitrogens with one attached hydrogen (secondary N) is 1. The van der Waals surface area contributed by atoms with Gasteiger partial charge in [0.25, 0.3) is 5.91 Å². The van der Waals surface area contributed by atoms with E-state index in [2.05, 4.69) is 50.5 Å². The summed E-state index contributed by atoms with van der Waals surface area (Å²) in [4.78, 5) is 12.5. The van der Waals surface area contributed by atoms with Crippen LogP contribution in [0.25, 0.3) is 6.08 Å². The van der Waals surface area contributed by atoms with Crippen molar-refractivity contribution in [2.75, 3.05) is 5.32 Å². The molecule has 0 aliphatic heterocycles. The van der Waals surface area contributed by atoms with Crippen LogP contribution < -0.4 is 10.1 Å². The lowest BCUT2D eigenvalue weighted by Crippen LogP contribution is -2.13. The molecule has 3 aromatic carbocycles. The van der Waals surface area contributed by atoms with Crippen LogP contribution >= 0.6 is 56.8 Å². The SMILES string of the molecule is N#C/C(=C/c1cc(I)c(OCc2ccccc2F)c(I)c1)C(=O)Nc1ccc(Cl)cc1. The van der Waals surface area contributed by atoms with Crippen molar-refractivity contribution >= 4 is 74.5 Å². The van der Waals surface area contributed by atoms with Gasteiger partial charge in [-0.05, 0) is 99.3 Å². The second kappa shape index (κ2) is 10.9. The Morgan fingerprint density at radius 2 is 1.77 bits per heavy atom. The predicted octanol–water partition coefficient (Wildman–Crippen LogP) is 6.81. The fourth-order valence-electron chi connectivity index (χ4n) is 2.61. The maximum atomic E-state index is 13.8. The van der Waals surface area contributed by atoms with Crippen LogP contribution in [0, 0.1) is 24.3 Å². The first kappa shape index (κ1) is 23.5. The molecule has 0 aromatic heterocycles. The second-order valence-corrected chi connectivity index (χ2v) is 9.09. The zero-order chi connectivity index (χ0) is 22.4. The zero-order valence-corrected chi connectivity index (χ0v) is 20.9. The summed E-state index contributed by atoms with van der Waals surface area (Å²) in [6.07, 6.45) is 1.51. The lowest BCUT2D eigenvalue weighted by Gasteiger charge is -2.12. The molecule has 8 heteroatoms. The molecule has 156 valence electrons. The number of amides is 1. The van der Waals surface area contributed by atoms with Crippen molar-refractivity contribution in [2.24, 2.45) is 0 Å². The highest BCUT2D eigenvalue weighted by Crippen LogP contribution is 2.31. The molecule has 4 nitrogen and oxygen atoms in total. The van der Waals surface area contributed by atoms with Crippen molar-refractivity contribution < 1.29 is 13.9 Å². The molecule has 1 N–H and O–H groups in total. The summed E-state index contributed by atoms with van der Waals surface area (Å²) in [5.74, 6) is -0.224. The maximum absolute atomic E-state index is 13.8. The molecule has 0 unspecified atom stereocenters. The molecule has 0 radical (unpaired) electrons. The van der Waals surface area contributed by atoms with Crippen LogP contribution in [-0.2, 0) is 11.4 Å². The quantitative estimate of drug-likeness (QED) is 0.180. The van der Waals surface area contributed by atoms with Gasteiger partial charge in [-0.2, -0.15) is 5.26 Å². The number of nitriles is 1. The van der Waals surface area contributed by atoms with E-state index in [4.69, 9.17) is 16.3 Å². The van der Waals surface area contributed by atoms with Gasteiger partial charge in [0.15, 0.2) is 0 Å². The molecule has 31 heavy (non-hydrogen) atoms. The third-order valence-electron chi connectivity index (χ3n) is 4.13. The maximum Gasteiger partial charge on any atom is 0.266 e. The van der Waals surface area contributed by atoms with E-state index in [1.165, 1.54) is 12.1 Å². The summed E-state index contributed by atoms with van der Waals surface area (Å²) in [5.41, 5.74) is 1.64. The highest BCUT2D eigenvalue weighted by molar-refractivity contribution is 14.1. The smallest absolute Gasteiger partial charge is 0.266 e. The highest BCUT2D eigenvalue weighted by atomic mass is 127. The number of carbonyl (C=O) groups excluding carboxylic acids is 1. The molecular weight excluding hydrogens is 645 g/mol. The van der Waals surface area contributed by atoms with E-state index in [0.29, 0.717) is 27.6 Å². The standard InChI is InChI=1S/C23H14ClFI2N2O2/c24-17-5-7-18(8-6-17)29-23(30)16(12-28)9-14-10-20(26)22(21(27)11-14)31-13-15-3-1-2-4-19(15)25/h1-11H,13H2,(H,29,30)/b16-9-. The minimum Gasteiger partial charge on any atom is -0.487 e. The van der Waals surface area contributed by atoms with Gasteiger partial charge in [-0.25, -0.2) is 4.39 Å². The molecule has 0 bridgehead atoms. The van der Waals surface area contributed by atoms with E-state index in [9.17, 15) is 14.4 Å². The van der Waals surface area contributed by atoms with Gasteiger partial charge in [0, 0.05) is 16.3 Å². The Balaban J connectivity index is 1.77. The fraction of sp³-hybridized carbons (Fsp3) is 0.0435. The van der Waals surface area contributed by atoms with Crippen LogP contribution in [0.15, 0.2) is 66.2 Å². The van der Waals surface area contributed by atoms with E-state index >= 15 is 0 Å². The van der Waals surface area contributed by atoms with Crippen LogP contribution in [0.1, 0.15) is 11.1 Å². The first-order chi connectivity index (χ1) is 14.9. The van der Waals surface area contributed by atoms with E-state index in [1.54, 1.807) is 54.6 Å². The van der Waals surface area contributed by atoms with E-state index < -0.39 is 5.91 Å². The van der Waals surface area contributed by atoms with Gasteiger partial charge in [0.1, 0.15) is 29.8 Å². The van der Waals surface area contributed by atoms with Crippen molar-refractivity contribution in [3.05, 3.63) is 95.3 Å². The summed E-state index contributed by atoms with van der Waals surface area (Å²) in [6.45, 7) is 0.0980. The lowest BCUT2D eigenvalue weighted by atomic mass is 10.1. The summed E-state index contributed by atoms with van der Waals surface area (Å²) in [6, 6.07) is 18.6. The fourth-order valence-corrected chi connectivity index (χ4v) is 4.87. The normalized spacial score (nSPS) is 11.0. The largest absolute Gasteiger partial charge is 0.487 e. The van der Waals surface area contributed by atoms with Gasteiger partial charge in [-0.1, -0.05) is 29.8 Å². The number of rotatable bonds is 6. The Labute approximate surface area is 211 Å². The van der Waals surface area contributed by atoms with Gasteiger partial charge in [-0.15, -0.1) is 0 Å². The summed E-state index contributed by atoms with van der Waals surface area (Å²) >= 11 is 10.1. The van der Waals surface area contributed by atoms with Crippen LogP contribution in [0.2, 0.25) is 5.02 Å². The summed E-state index contributed by atoms with van der Waals surface area (Å²) in [5, 5.41) is 12.7. The highest BCUT2D eigenvalue weighted by Gasteiger charge is 2.13. The van der Waals surface area contributed by atoms with Gasteiger partial charge in [0.05, 0.1) is 7.14 Å². The molecule has 0 aliphatic rings. The number of hydrogen-bond acceptors (Lipinski definition) is 3. The van der Waals surface area contributed by atoms with Gasteiger partial charge < -0.3 is 10.1 Å². The molecule has 3 aromatic rings. The molecule has 0 spiro atoms.